The molecule has 1 heterocycles. The number of aryl methyl sites for hydroxylation is 1. The van der Waals surface area contributed by atoms with Gasteiger partial charge in [0, 0.05) is 12.5 Å². The van der Waals surface area contributed by atoms with E-state index in [2.05, 4.69) is 10.3 Å². The summed E-state index contributed by atoms with van der Waals surface area (Å²) < 4.78 is 22.1. The minimum atomic E-state index is -1.19. The van der Waals surface area contributed by atoms with Crippen molar-refractivity contribution in [3.05, 3.63) is 11.9 Å². The second-order valence-electron chi connectivity index (χ2n) is 5.44. The third kappa shape index (κ3) is 7.67. The van der Waals surface area contributed by atoms with Gasteiger partial charge < -0.3 is 10.2 Å². The van der Waals surface area contributed by atoms with E-state index in [1.54, 1.807) is 10.9 Å². The molecule has 2 atom stereocenters. The van der Waals surface area contributed by atoms with Gasteiger partial charge in [0.05, 0.1) is 19.4 Å². The van der Waals surface area contributed by atoms with Gasteiger partial charge in [-0.3, -0.25) is 4.18 Å². The van der Waals surface area contributed by atoms with Crippen LogP contribution in [0, 0.1) is 5.92 Å². The van der Waals surface area contributed by atoms with Crippen LogP contribution in [0.15, 0.2) is 6.20 Å². The van der Waals surface area contributed by atoms with Crippen molar-refractivity contribution < 1.29 is 23.4 Å². The molecule has 0 aliphatic heterocycles. The Kier molecular flexibility index (Phi) is 10.6. The first-order valence-corrected chi connectivity index (χ1v) is 8.89. The van der Waals surface area contributed by atoms with Gasteiger partial charge >= 0.3 is 5.97 Å². The number of esters is 1. The van der Waals surface area contributed by atoms with Crippen LogP contribution >= 0.6 is 0 Å². The summed E-state index contributed by atoms with van der Waals surface area (Å²) in [5.74, 6) is -0.231. The van der Waals surface area contributed by atoms with Crippen LogP contribution in [-0.4, -0.2) is 50.6 Å². The Balaban J connectivity index is 0.00000484. The van der Waals surface area contributed by atoms with Gasteiger partial charge in [0.2, 0.25) is 0 Å². The molecule has 23 heavy (non-hydrogen) atoms. The lowest BCUT2D eigenvalue weighted by Gasteiger charge is -2.17. The quantitative estimate of drug-likeness (QED) is 0.457. The lowest BCUT2D eigenvalue weighted by Crippen LogP contribution is -2.26. The molecule has 0 saturated carbocycles. The Bertz CT molecular complexity index is 493. The zero-order valence-corrected chi connectivity index (χ0v) is 15.0. The average Bonchev–Trinajstić information content (AvgIpc) is 2.90. The zero-order chi connectivity index (χ0) is 16.5. The SMILES string of the molecule is COC(=O)C(C(C)C)n1cc(CCCCCOS(C)=O)nn1.O. The summed E-state index contributed by atoms with van der Waals surface area (Å²) in [4.78, 5) is 11.8. The summed E-state index contributed by atoms with van der Waals surface area (Å²) in [6.45, 7) is 4.40. The molecule has 0 fully saturated rings. The van der Waals surface area contributed by atoms with Gasteiger partial charge in [-0.15, -0.1) is 5.10 Å². The number of ether oxygens (including phenoxy) is 1. The molecule has 8 nitrogen and oxygen atoms in total. The van der Waals surface area contributed by atoms with E-state index in [0.29, 0.717) is 6.61 Å². The molecule has 1 rings (SSSR count). The van der Waals surface area contributed by atoms with Gasteiger partial charge in [-0.25, -0.2) is 13.7 Å². The standard InChI is InChI=1S/C14H25N3O4S.H2O/c1-11(2)13(14(18)20-3)17-10-12(15-16-17)8-6-5-7-9-21-22(4)19;/h10-11,13H,5-9H2,1-4H3;1H2. The topological polar surface area (TPSA) is 115 Å². The number of nitrogens with zero attached hydrogens (tertiary/aromatic N) is 3. The molecule has 0 aliphatic rings. The van der Waals surface area contributed by atoms with Crippen LogP contribution in [0.1, 0.15) is 44.8 Å². The number of aromatic nitrogens is 3. The van der Waals surface area contributed by atoms with E-state index in [1.165, 1.54) is 13.4 Å². The van der Waals surface area contributed by atoms with Gasteiger partial charge in [-0.2, -0.15) is 0 Å². The van der Waals surface area contributed by atoms with Crippen LogP contribution in [0.2, 0.25) is 0 Å². The molecule has 2 N–H and O–H groups in total. The van der Waals surface area contributed by atoms with Gasteiger partial charge in [-0.1, -0.05) is 25.5 Å². The smallest absolute Gasteiger partial charge is 0.330 e. The van der Waals surface area contributed by atoms with E-state index < -0.39 is 17.1 Å². The minimum Gasteiger partial charge on any atom is -0.467 e. The number of carbonyl (C=O) groups excluding carboxylic acids is 1. The molecule has 1 aromatic heterocycles. The van der Waals surface area contributed by atoms with Crippen molar-refractivity contribution in [2.75, 3.05) is 20.0 Å². The Morgan fingerprint density at radius 1 is 1.35 bits per heavy atom. The predicted octanol–water partition coefficient (Wildman–Crippen LogP) is 0.846. The summed E-state index contributed by atoms with van der Waals surface area (Å²) in [7, 11) is 1.38. The summed E-state index contributed by atoms with van der Waals surface area (Å²) in [6, 6.07) is -0.445. The van der Waals surface area contributed by atoms with E-state index in [1.807, 2.05) is 13.8 Å². The summed E-state index contributed by atoms with van der Waals surface area (Å²) >= 11 is -1.19. The minimum absolute atomic E-state index is 0. The number of hydrogen-bond acceptors (Lipinski definition) is 6. The van der Waals surface area contributed by atoms with E-state index in [4.69, 9.17) is 8.92 Å². The maximum Gasteiger partial charge on any atom is 0.330 e. The molecule has 134 valence electrons. The Hall–Kier alpha value is -1.32. The number of methoxy groups -OCH3 is 1. The zero-order valence-electron chi connectivity index (χ0n) is 14.2. The Labute approximate surface area is 139 Å². The van der Waals surface area contributed by atoms with Crippen molar-refractivity contribution in [3.63, 3.8) is 0 Å². The molecule has 0 aliphatic carbocycles. The lowest BCUT2D eigenvalue weighted by atomic mass is 10.1. The molecule has 0 amide bonds. The lowest BCUT2D eigenvalue weighted by molar-refractivity contribution is -0.146. The number of hydrogen-bond donors (Lipinski definition) is 0. The molecule has 2 unspecified atom stereocenters. The molecule has 0 aromatic carbocycles. The highest BCUT2D eigenvalue weighted by Crippen LogP contribution is 2.18. The maximum atomic E-state index is 11.8. The van der Waals surface area contributed by atoms with Crippen LogP contribution in [-0.2, 0) is 31.2 Å². The first-order chi connectivity index (χ1) is 10.5. The van der Waals surface area contributed by atoms with Crippen molar-refractivity contribution in [2.24, 2.45) is 5.92 Å². The van der Waals surface area contributed by atoms with E-state index in [-0.39, 0.29) is 17.4 Å². The van der Waals surface area contributed by atoms with Crippen molar-refractivity contribution >= 4 is 17.0 Å². The molecule has 1 aromatic rings. The molecular formula is C14H27N3O5S. The highest BCUT2D eigenvalue weighted by atomic mass is 32.2. The molecule has 9 heteroatoms. The summed E-state index contributed by atoms with van der Waals surface area (Å²) in [5.41, 5.74) is 0.856. The second kappa shape index (κ2) is 11.3. The first-order valence-electron chi connectivity index (χ1n) is 7.41. The molecule has 0 bridgehead atoms. The normalized spacial score (nSPS) is 13.4. The predicted molar refractivity (Wildman–Crippen MR) is 87.1 cm³/mol. The summed E-state index contributed by atoms with van der Waals surface area (Å²) in [6.07, 6.45) is 6.90. The number of unbranched alkanes of at least 4 members (excludes halogenated alkanes) is 2. The van der Waals surface area contributed by atoms with Gasteiger partial charge in [0.15, 0.2) is 17.1 Å². The largest absolute Gasteiger partial charge is 0.467 e. The van der Waals surface area contributed by atoms with Gasteiger partial charge in [0.1, 0.15) is 0 Å². The fourth-order valence-corrected chi connectivity index (χ4v) is 2.48. The first kappa shape index (κ1) is 21.7. The Morgan fingerprint density at radius 3 is 2.61 bits per heavy atom. The van der Waals surface area contributed by atoms with Crippen LogP contribution < -0.4 is 0 Å². The second-order valence-corrected chi connectivity index (χ2v) is 6.47. The van der Waals surface area contributed by atoms with E-state index >= 15 is 0 Å². The van der Waals surface area contributed by atoms with Crippen molar-refractivity contribution in [2.45, 2.75) is 45.6 Å². The molecule has 0 spiro atoms. The molecular weight excluding hydrogens is 322 g/mol. The van der Waals surface area contributed by atoms with Crippen molar-refractivity contribution in [1.82, 2.24) is 15.0 Å². The van der Waals surface area contributed by atoms with Crippen LogP contribution in [0.3, 0.4) is 0 Å². The van der Waals surface area contributed by atoms with E-state index in [0.717, 1.165) is 31.4 Å². The maximum absolute atomic E-state index is 11.8. The third-order valence-corrected chi connectivity index (χ3v) is 3.74. The van der Waals surface area contributed by atoms with Crippen molar-refractivity contribution in [1.29, 1.82) is 0 Å². The summed E-state index contributed by atoms with van der Waals surface area (Å²) in [5, 5.41) is 8.15. The highest BCUT2D eigenvalue weighted by Gasteiger charge is 2.26. The van der Waals surface area contributed by atoms with Crippen LogP contribution in [0.5, 0.6) is 0 Å². The fraction of sp³-hybridized carbons (Fsp3) is 0.786. The average molecular weight is 349 g/mol. The van der Waals surface area contributed by atoms with E-state index in [9.17, 15) is 9.00 Å². The van der Waals surface area contributed by atoms with Gasteiger partial charge in [-0.05, 0) is 25.2 Å². The monoisotopic (exact) mass is 349 g/mol. The molecule has 0 saturated heterocycles. The van der Waals surface area contributed by atoms with Crippen molar-refractivity contribution in [3.8, 4) is 0 Å². The third-order valence-electron chi connectivity index (χ3n) is 3.24. The Morgan fingerprint density at radius 2 is 2.04 bits per heavy atom. The fourth-order valence-electron chi connectivity index (χ4n) is 2.13. The number of carbonyl (C=O) groups is 1. The van der Waals surface area contributed by atoms with Crippen LogP contribution in [0.4, 0.5) is 0 Å². The highest BCUT2D eigenvalue weighted by molar-refractivity contribution is 7.79. The van der Waals surface area contributed by atoms with Crippen LogP contribution in [0.25, 0.3) is 0 Å². The molecule has 0 radical (unpaired) electrons. The van der Waals surface area contributed by atoms with Gasteiger partial charge in [0.25, 0.3) is 0 Å². The number of rotatable bonds is 10.